The molecule has 0 saturated heterocycles. The van der Waals surface area contributed by atoms with E-state index in [2.05, 4.69) is 36.0 Å². The van der Waals surface area contributed by atoms with Crippen LogP contribution in [0.5, 0.6) is 5.75 Å². The maximum Gasteiger partial charge on any atom is 0.231 e. The third-order valence-corrected chi connectivity index (χ3v) is 5.08. The number of aryl methyl sites for hydroxylation is 2. The molecule has 10 nitrogen and oxygen atoms in total. The van der Waals surface area contributed by atoms with Gasteiger partial charge < -0.3 is 15.4 Å². The molecule has 3 heterocycles. The summed E-state index contributed by atoms with van der Waals surface area (Å²) in [7, 11) is 1.56. The molecule has 3 aromatic heterocycles. The molecule has 0 aliphatic rings. The molecule has 0 radical (unpaired) electrons. The van der Waals surface area contributed by atoms with E-state index in [1.165, 1.54) is 18.3 Å². The Morgan fingerprint density at radius 2 is 1.77 bits per heavy atom. The average molecular weight is 442 g/mol. The molecule has 2 amide bonds. The monoisotopic (exact) mass is 441 g/mol. The summed E-state index contributed by atoms with van der Waals surface area (Å²) in [6.07, 6.45) is 5.11. The van der Waals surface area contributed by atoms with Crippen molar-refractivity contribution < 1.29 is 14.3 Å². The van der Waals surface area contributed by atoms with Gasteiger partial charge in [0.2, 0.25) is 16.9 Å². The minimum Gasteiger partial charge on any atom is -0.495 e. The first-order valence-electron chi connectivity index (χ1n) is 9.73. The first-order chi connectivity index (χ1) is 15.0. The van der Waals surface area contributed by atoms with Gasteiger partial charge in [0.05, 0.1) is 25.4 Å². The Hall–Kier alpha value is -3.47. The Labute approximate surface area is 183 Å². The third kappa shape index (κ3) is 7.37. The smallest absolute Gasteiger partial charge is 0.231 e. The van der Waals surface area contributed by atoms with Crippen molar-refractivity contribution >= 4 is 34.1 Å². The molecule has 11 heteroatoms. The van der Waals surface area contributed by atoms with Crippen LogP contribution in [0.2, 0.25) is 0 Å². The fourth-order valence-corrected chi connectivity index (χ4v) is 3.51. The highest BCUT2D eigenvalue weighted by Gasteiger charge is 2.08. The molecular formula is C20H23N7O3S. The van der Waals surface area contributed by atoms with Crippen molar-refractivity contribution in [1.29, 1.82) is 0 Å². The molecule has 0 aromatic carbocycles. The van der Waals surface area contributed by atoms with Gasteiger partial charge >= 0.3 is 0 Å². The number of pyridine rings is 1. The number of hydrogen-bond acceptors (Lipinski definition) is 9. The van der Waals surface area contributed by atoms with Crippen molar-refractivity contribution in [2.24, 2.45) is 0 Å². The molecule has 0 saturated carbocycles. The molecule has 0 fully saturated rings. The van der Waals surface area contributed by atoms with Crippen LogP contribution in [-0.2, 0) is 28.9 Å². The Bertz CT molecular complexity index is 1010. The van der Waals surface area contributed by atoms with E-state index in [4.69, 9.17) is 4.74 Å². The lowest BCUT2D eigenvalue weighted by Gasteiger charge is -2.05. The summed E-state index contributed by atoms with van der Waals surface area (Å²) >= 11 is 1.38. The van der Waals surface area contributed by atoms with E-state index >= 15 is 0 Å². The van der Waals surface area contributed by atoms with Crippen LogP contribution >= 0.6 is 11.3 Å². The molecule has 3 aromatic rings. The van der Waals surface area contributed by atoms with Gasteiger partial charge in [0.15, 0.2) is 5.82 Å². The van der Waals surface area contributed by atoms with Gasteiger partial charge in [-0.15, -0.1) is 15.3 Å². The lowest BCUT2D eigenvalue weighted by Crippen LogP contribution is -2.16. The van der Waals surface area contributed by atoms with E-state index in [1.54, 1.807) is 31.5 Å². The summed E-state index contributed by atoms with van der Waals surface area (Å²) in [5.41, 5.74) is 1.49. The van der Waals surface area contributed by atoms with E-state index in [1.807, 2.05) is 6.07 Å². The predicted octanol–water partition coefficient (Wildman–Crippen LogP) is 2.44. The number of unbranched alkanes of at least 4 members (excludes halogenated alkanes) is 1. The van der Waals surface area contributed by atoms with E-state index < -0.39 is 0 Å². The number of anilines is 2. The first kappa shape index (κ1) is 22.2. The minimum atomic E-state index is -0.213. The number of aromatic nitrogens is 5. The maximum atomic E-state index is 12.1. The van der Waals surface area contributed by atoms with Gasteiger partial charge in [-0.3, -0.25) is 14.6 Å². The van der Waals surface area contributed by atoms with Gasteiger partial charge in [-0.1, -0.05) is 11.3 Å². The van der Waals surface area contributed by atoms with Gasteiger partial charge in [0, 0.05) is 19.0 Å². The molecule has 0 spiro atoms. The summed E-state index contributed by atoms with van der Waals surface area (Å²) in [5.74, 6) is 0.680. The summed E-state index contributed by atoms with van der Waals surface area (Å²) in [5, 5.41) is 23.0. The zero-order chi connectivity index (χ0) is 22.1. The Morgan fingerprint density at radius 1 is 0.968 bits per heavy atom. The molecule has 2 N–H and O–H groups in total. The number of carbonyl (C=O) groups is 2. The fourth-order valence-electron chi connectivity index (χ4n) is 2.69. The van der Waals surface area contributed by atoms with Crippen LogP contribution in [0, 0.1) is 0 Å². The van der Waals surface area contributed by atoms with Crippen molar-refractivity contribution in [1.82, 2.24) is 25.4 Å². The lowest BCUT2D eigenvalue weighted by molar-refractivity contribution is -0.116. The van der Waals surface area contributed by atoms with Crippen LogP contribution in [0.1, 0.15) is 36.2 Å². The molecule has 31 heavy (non-hydrogen) atoms. The van der Waals surface area contributed by atoms with Crippen molar-refractivity contribution in [2.45, 2.75) is 39.0 Å². The predicted molar refractivity (Wildman–Crippen MR) is 116 cm³/mol. The van der Waals surface area contributed by atoms with Crippen LogP contribution in [0.3, 0.4) is 0 Å². The van der Waals surface area contributed by atoms with Crippen LogP contribution in [0.4, 0.5) is 10.9 Å². The molecule has 0 unspecified atom stereocenters. The van der Waals surface area contributed by atoms with E-state index in [9.17, 15) is 9.59 Å². The summed E-state index contributed by atoms with van der Waals surface area (Å²) < 4.78 is 5.05. The summed E-state index contributed by atoms with van der Waals surface area (Å²) in [6.45, 7) is 1.44. The van der Waals surface area contributed by atoms with Crippen molar-refractivity contribution in [3.63, 3.8) is 0 Å². The van der Waals surface area contributed by atoms with Crippen molar-refractivity contribution in [3.05, 3.63) is 46.9 Å². The van der Waals surface area contributed by atoms with Crippen LogP contribution in [0.15, 0.2) is 30.5 Å². The second kappa shape index (κ2) is 11.1. The number of amides is 2. The maximum absolute atomic E-state index is 12.1. The Kier molecular flexibility index (Phi) is 7.93. The molecular weight excluding hydrogens is 418 g/mol. The summed E-state index contributed by atoms with van der Waals surface area (Å²) in [4.78, 5) is 27.3. The second-order valence-corrected chi connectivity index (χ2v) is 7.78. The second-order valence-electron chi connectivity index (χ2n) is 6.71. The molecule has 0 aliphatic carbocycles. The quantitative estimate of drug-likeness (QED) is 0.459. The van der Waals surface area contributed by atoms with Gasteiger partial charge in [-0.2, -0.15) is 5.10 Å². The number of nitrogens with one attached hydrogen (secondary N) is 2. The normalized spacial score (nSPS) is 10.5. The van der Waals surface area contributed by atoms with Crippen molar-refractivity contribution in [2.75, 3.05) is 17.7 Å². The molecule has 162 valence electrons. The zero-order valence-corrected chi connectivity index (χ0v) is 18.1. The highest BCUT2D eigenvalue weighted by Crippen LogP contribution is 2.17. The topological polar surface area (TPSA) is 132 Å². The zero-order valence-electron chi connectivity index (χ0n) is 17.3. The van der Waals surface area contributed by atoms with E-state index in [0.717, 1.165) is 36.4 Å². The minimum absolute atomic E-state index is 0.142. The standard InChI is InChI=1S/C20H23N7O3S/c1-13(28)22-20-27-26-19(31-20)6-4-3-5-14-8-10-17(25-24-14)23-18(29)11-15-7-9-16(30-2)12-21-15/h7-10,12H,3-6,11H2,1-2H3,(H,22,27,28)(H,23,25,29). The highest BCUT2D eigenvalue weighted by molar-refractivity contribution is 7.15. The average Bonchev–Trinajstić information content (AvgIpc) is 3.19. The van der Waals surface area contributed by atoms with Crippen molar-refractivity contribution in [3.8, 4) is 5.75 Å². The van der Waals surface area contributed by atoms with Gasteiger partial charge in [0.1, 0.15) is 10.8 Å². The van der Waals surface area contributed by atoms with Gasteiger partial charge in [-0.25, -0.2) is 0 Å². The largest absolute Gasteiger partial charge is 0.495 e. The van der Waals surface area contributed by atoms with Crippen LogP contribution in [0.25, 0.3) is 0 Å². The number of methoxy groups -OCH3 is 1. The first-order valence-corrected chi connectivity index (χ1v) is 10.5. The molecule has 0 bridgehead atoms. The summed E-state index contributed by atoms with van der Waals surface area (Å²) in [6, 6.07) is 7.10. The molecule has 0 aliphatic heterocycles. The van der Waals surface area contributed by atoms with Crippen LogP contribution < -0.4 is 15.4 Å². The number of ether oxygens (including phenoxy) is 1. The molecule has 0 atom stereocenters. The number of carbonyl (C=O) groups excluding carboxylic acids is 2. The lowest BCUT2D eigenvalue weighted by atomic mass is 10.1. The van der Waals surface area contributed by atoms with Gasteiger partial charge in [-0.05, 0) is 43.5 Å². The Morgan fingerprint density at radius 3 is 2.45 bits per heavy atom. The highest BCUT2D eigenvalue weighted by atomic mass is 32.1. The fraction of sp³-hybridized carbons (Fsp3) is 0.350. The van der Waals surface area contributed by atoms with Crippen LogP contribution in [-0.4, -0.2) is 44.3 Å². The van der Waals surface area contributed by atoms with E-state index in [-0.39, 0.29) is 18.2 Å². The Balaban J connectivity index is 1.38. The number of nitrogens with zero attached hydrogens (tertiary/aromatic N) is 5. The number of rotatable bonds is 10. The van der Waals surface area contributed by atoms with E-state index in [0.29, 0.717) is 22.4 Å². The third-order valence-electron chi connectivity index (χ3n) is 4.19. The van der Waals surface area contributed by atoms with Gasteiger partial charge in [0.25, 0.3) is 0 Å². The SMILES string of the molecule is COc1ccc(CC(=O)Nc2ccc(CCCCc3nnc(NC(C)=O)s3)nn2)nc1. The number of hydrogen-bond donors (Lipinski definition) is 2. The molecule has 3 rings (SSSR count).